The van der Waals surface area contributed by atoms with Gasteiger partial charge >= 0.3 is 11.9 Å². The number of carbonyl (C=O) groups excluding carboxylic acids is 3. The van der Waals surface area contributed by atoms with Crippen LogP contribution in [0.2, 0.25) is 0 Å². The molecule has 0 unspecified atom stereocenters. The van der Waals surface area contributed by atoms with Crippen LogP contribution >= 0.6 is 11.3 Å². The second-order valence-corrected chi connectivity index (χ2v) is 13.2. The lowest BCUT2D eigenvalue weighted by Gasteiger charge is -2.24. The monoisotopic (exact) mass is 613 g/mol. The number of rotatable bonds is 14. The number of nitrogens with one attached hydrogen (secondary N) is 2. The standard InChI is InChI=1S/C34H51N3O5S/c1-23(2)29(35-5)21-31(41-25(4)38)33-37-30(22-43-33)32(39)36-27(20-26-15-11-10-12-16-26)19-24(3)34(40)42-28-17-13-8-6-7-9-14-18-28/h10-12,15-16,22-24,27-29,31,35H,6-9,13-14,17-21H2,1-5H3,(H,36,39)/t24-,27+,29+,31+/m0/s1. The average Bonchev–Trinajstić information content (AvgIpc) is 3.50. The lowest BCUT2D eigenvalue weighted by molar-refractivity contribution is -0.154. The highest BCUT2D eigenvalue weighted by Gasteiger charge is 2.28. The Morgan fingerprint density at radius 3 is 2.23 bits per heavy atom. The van der Waals surface area contributed by atoms with E-state index in [0.717, 1.165) is 31.2 Å². The summed E-state index contributed by atoms with van der Waals surface area (Å²) < 4.78 is 11.6. The van der Waals surface area contributed by atoms with Crippen LogP contribution in [0.25, 0.3) is 0 Å². The first-order chi connectivity index (χ1) is 20.7. The fraction of sp³-hybridized carbons (Fsp3) is 0.647. The van der Waals surface area contributed by atoms with Crippen LogP contribution in [0, 0.1) is 11.8 Å². The molecule has 0 spiro atoms. The van der Waals surface area contributed by atoms with Crippen LogP contribution in [0.4, 0.5) is 0 Å². The first kappa shape index (κ1) is 34.7. The molecule has 1 amide bonds. The number of carbonyl (C=O) groups is 3. The molecule has 2 aromatic rings. The smallest absolute Gasteiger partial charge is 0.308 e. The van der Waals surface area contributed by atoms with Crippen LogP contribution in [-0.2, 0) is 25.5 Å². The SMILES string of the molecule is CN[C@H](C[C@@H](OC(C)=O)c1nc(C(=O)N[C@@H](Cc2ccccc2)C[C@H](C)C(=O)OC2CCCCCCCC2)cs1)C(C)C. The lowest BCUT2D eigenvalue weighted by atomic mass is 9.95. The minimum absolute atomic E-state index is 0.0213. The maximum absolute atomic E-state index is 13.5. The normalized spacial score (nSPS) is 17.5. The molecule has 0 saturated heterocycles. The molecular weight excluding hydrogens is 562 g/mol. The molecule has 0 aliphatic heterocycles. The highest BCUT2D eigenvalue weighted by Crippen LogP contribution is 2.29. The van der Waals surface area contributed by atoms with E-state index in [-0.39, 0.29) is 47.6 Å². The molecule has 2 N–H and O–H groups in total. The first-order valence-corrected chi connectivity index (χ1v) is 16.9. The molecule has 1 aliphatic carbocycles. The number of hydrogen-bond donors (Lipinski definition) is 2. The summed E-state index contributed by atoms with van der Waals surface area (Å²) in [5, 5.41) is 8.72. The summed E-state index contributed by atoms with van der Waals surface area (Å²) in [7, 11) is 1.89. The van der Waals surface area contributed by atoms with Gasteiger partial charge in [0.2, 0.25) is 0 Å². The summed E-state index contributed by atoms with van der Waals surface area (Å²) in [6.07, 6.45) is 9.99. The zero-order valence-electron chi connectivity index (χ0n) is 26.6. The molecule has 238 valence electrons. The Labute approximate surface area is 261 Å². The van der Waals surface area contributed by atoms with Crippen molar-refractivity contribution in [3.8, 4) is 0 Å². The molecule has 1 fully saturated rings. The molecule has 0 radical (unpaired) electrons. The van der Waals surface area contributed by atoms with Gasteiger partial charge in [-0.2, -0.15) is 0 Å². The molecule has 8 nitrogen and oxygen atoms in total. The number of nitrogens with zero attached hydrogens (tertiary/aromatic N) is 1. The Kier molecular flexibility index (Phi) is 14.6. The van der Waals surface area contributed by atoms with Crippen molar-refractivity contribution in [2.24, 2.45) is 11.8 Å². The average molecular weight is 614 g/mol. The minimum atomic E-state index is -0.545. The third-order valence-electron chi connectivity index (χ3n) is 8.27. The largest absolute Gasteiger partial charge is 0.462 e. The van der Waals surface area contributed by atoms with Gasteiger partial charge in [0.25, 0.3) is 5.91 Å². The molecule has 43 heavy (non-hydrogen) atoms. The second kappa shape index (κ2) is 18.1. The van der Waals surface area contributed by atoms with Gasteiger partial charge in [-0.3, -0.25) is 14.4 Å². The number of esters is 2. The van der Waals surface area contributed by atoms with E-state index in [4.69, 9.17) is 9.47 Å². The Morgan fingerprint density at radius 1 is 0.977 bits per heavy atom. The zero-order chi connectivity index (χ0) is 31.2. The first-order valence-electron chi connectivity index (χ1n) is 16.0. The topological polar surface area (TPSA) is 107 Å². The summed E-state index contributed by atoms with van der Waals surface area (Å²) in [5.41, 5.74) is 1.35. The molecule has 1 aromatic heterocycles. The lowest BCUT2D eigenvalue weighted by Crippen LogP contribution is -2.39. The van der Waals surface area contributed by atoms with E-state index in [9.17, 15) is 14.4 Å². The van der Waals surface area contributed by atoms with Crippen molar-refractivity contribution < 1.29 is 23.9 Å². The van der Waals surface area contributed by atoms with Crippen LogP contribution in [0.15, 0.2) is 35.7 Å². The third kappa shape index (κ3) is 12.0. The van der Waals surface area contributed by atoms with Crippen LogP contribution in [-0.4, -0.2) is 48.1 Å². The molecule has 4 atom stereocenters. The van der Waals surface area contributed by atoms with Gasteiger partial charge in [-0.15, -0.1) is 11.3 Å². The quantitative estimate of drug-likeness (QED) is 0.226. The van der Waals surface area contributed by atoms with Gasteiger partial charge in [0.15, 0.2) is 6.10 Å². The fourth-order valence-electron chi connectivity index (χ4n) is 5.76. The Morgan fingerprint density at radius 2 is 1.63 bits per heavy atom. The Balaban J connectivity index is 1.70. The summed E-state index contributed by atoms with van der Waals surface area (Å²) in [5.74, 6) is -0.925. The zero-order valence-corrected chi connectivity index (χ0v) is 27.4. The van der Waals surface area contributed by atoms with Gasteiger partial charge in [-0.25, -0.2) is 4.98 Å². The van der Waals surface area contributed by atoms with E-state index >= 15 is 0 Å². The molecule has 1 aliphatic rings. The Bertz CT molecular complexity index is 1130. The van der Waals surface area contributed by atoms with E-state index < -0.39 is 6.10 Å². The van der Waals surface area contributed by atoms with E-state index in [1.54, 1.807) is 5.38 Å². The van der Waals surface area contributed by atoms with Gasteiger partial charge in [0, 0.05) is 30.8 Å². The van der Waals surface area contributed by atoms with Gasteiger partial charge in [0.05, 0.1) is 5.92 Å². The summed E-state index contributed by atoms with van der Waals surface area (Å²) in [6.45, 7) is 7.49. The molecule has 0 bridgehead atoms. The van der Waals surface area contributed by atoms with Crippen LogP contribution in [0.1, 0.15) is 119 Å². The van der Waals surface area contributed by atoms with E-state index in [2.05, 4.69) is 29.5 Å². The number of aromatic nitrogens is 1. The van der Waals surface area contributed by atoms with E-state index in [0.29, 0.717) is 30.2 Å². The molecule has 9 heteroatoms. The highest BCUT2D eigenvalue weighted by atomic mass is 32.1. The summed E-state index contributed by atoms with van der Waals surface area (Å²) in [6, 6.07) is 9.79. The van der Waals surface area contributed by atoms with E-state index in [1.807, 2.05) is 44.3 Å². The van der Waals surface area contributed by atoms with Crippen molar-refractivity contribution in [3.05, 3.63) is 52.0 Å². The number of hydrogen-bond acceptors (Lipinski definition) is 8. The van der Waals surface area contributed by atoms with Crippen molar-refractivity contribution in [3.63, 3.8) is 0 Å². The molecular formula is C34H51N3O5S. The highest BCUT2D eigenvalue weighted by molar-refractivity contribution is 7.09. The van der Waals surface area contributed by atoms with E-state index in [1.165, 1.54) is 43.9 Å². The van der Waals surface area contributed by atoms with Gasteiger partial charge in [-0.1, -0.05) is 76.8 Å². The predicted octanol–water partition coefficient (Wildman–Crippen LogP) is 6.79. The Hall–Kier alpha value is -2.78. The van der Waals surface area contributed by atoms with Crippen molar-refractivity contribution in [1.29, 1.82) is 0 Å². The van der Waals surface area contributed by atoms with Crippen LogP contribution < -0.4 is 10.6 Å². The van der Waals surface area contributed by atoms with Crippen LogP contribution in [0.3, 0.4) is 0 Å². The number of benzene rings is 1. The molecule has 1 heterocycles. The molecule has 1 aromatic carbocycles. The van der Waals surface area contributed by atoms with Crippen molar-refractivity contribution in [2.45, 2.75) is 123 Å². The second-order valence-electron chi connectivity index (χ2n) is 12.3. The van der Waals surface area contributed by atoms with Crippen molar-refractivity contribution >= 4 is 29.2 Å². The van der Waals surface area contributed by atoms with Gasteiger partial charge in [0.1, 0.15) is 16.8 Å². The van der Waals surface area contributed by atoms with Crippen molar-refractivity contribution in [1.82, 2.24) is 15.6 Å². The molecule has 3 rings (SSSR count). The number of thiazole rings is 1. The number of ether oxygens (including phenoxy) is 2. The maximum atomic E-state index is 13.5. The summed E-state index contributed by atoms with van der Waals surface area (Å²) in [4.78, 5) is 43.1. The predicted molar refractivity (Wildman–Crippen MR) is 171 cm³/mol. The van der Waals surface area contributed by atoms with Crippen LogP contribution in [0.5, 0.6) is 0 Å². The number of amides is 1. The van der Waals surface area contributed by atoms with Crippen molar-refractivity contribution in [2.75, 3.05) is 7.05 Å². The van der Waals surface area contributed by atoms with Gasteiger partial charge < -0.3 is 20.1 Å². The minimum Gasteiger partial charge on any atom is -0.462 e. The fourth-order valence-corrected chi connectivity index (χ4v) is 6.60. The van der Waals surface area contributed by atoms with Gasteiger partial charge in [-0.05, 0) is 57.1 Å². The summed E-state index contributed by atoms with van der Waals surface area (Å²) >= 11 is 1.32. The third-order valence-corrected chi connectivity index (χ3v) is 9.20. The molecule has 1 saturated carbocycles. The maximum Gasteiger partial charge on any atom is 0.308 e.